The second-order valence-electron chi connectivity index (χ2n) is 2.19. The summed E-state index contributed by atoms with van der Waals surface area (Å²) < 4.78 is 0. The monoisotopic (exact) mass is 240 g/mol. The number of hydrogen-bond acceptors (Lipinski definition) is 3. The molecule has 0 aliphatic carbocycles. The van der Waals surface area contributed by atoms with E-state index < -0.39 is 4.95 Å². The molecule has 1 amide bonds. The zero-order valence-electron chi connectivity index (χ0n) is 7.07. The van der Waals surface area contributed by atoms with Gasteiger partial charge in [-0.05, 0) is 5.59 Å². The van der Waals surface area contributed by atoms with Crippen molar-refractivity contribution in [1.29, 1.82) is 0 Å². The Balaban J connectivity index is 4.10. The van der Waals surface area contributed by atoms with E-state index in [9.17, 15) is 9.70 Å². The Hall–Kier alpha value is -0.690. The van der Waals surface area contributed by atoms with Gasteiger partial charge in [-0.2, -0.15) is 0 Å². The number of nitrogens with zero attached hydrogens (tertiary/aromatic N) is 2. The van der Waals surface area contributed by atoms with Gasteiger partial charge in [-0.3, -0.25) is 4.79 Å². The first-order chi connectivity index (χ1) is 5.50. The normalized spacial score (nSPS) is 12.0. The number of hydrazine groups is 1. The van der Waals surface area contributed by atoms with Crippen LogP contribution < -0.4 is 5.59 Å². The highest BCUT2D eigenvalue weighted by Gasteiger charge is 2.32. The van der Waals surface area contributed by atoms with E-state index in [4.69, 9.17) is 0 Å². The minimum atomic E-state index is -0.979. The van der Waals surface area contributed by atoms with Gasteiger partial charge < -0.3 is 4.90 Å². The van der Waals surface area contributed by atoms with Crippen LogP contribution in [0.25, 0.3) is 0 Å². The molecule has 0 unspecified atom stereocenters. The number of hydrogen-bond donors (Lipinski definition) is 1. The number of likely N-dealkylation sites (N-methyl/N-ethyl adjacent to an activating group) is 1. The van der Waals surface area contributed by atoms with Crippen LogP contribution in [0.5, 0.6) is 0 Å². The van der Waals surface area contributed by atoms with Crippen LogP contribution in [0.3, 0.4) is 0 Å². The molecule has 0 saturated carbocycles. The fraction of sp³-hybridized carbons (Fsp3) is 0.800. The van der Waals surface area contributed by atoms with Gasteiger partial charge in [0, 0.05) is 30.0 Å². The second kappa shape index (κ2) is 5.04. The second-order valence-corrected chi connectivity index (χ2v) is 3.06. The first-order valence-electron chi connectivity index (χ1n) is 3.11. The van der Waals surface area contributed by atoms with Gasteiger partial charge in [-0.1, -0.05) is 0 Å². The molecule has 0 aromatic carbocycles. The summed E-state index contributed by atoms with van der Waals surface area (Å²) in [6, 6.07) is 0. The molecule has 6 nitrogen and oxygen atoms in total. The molecule has 0 saturated heterocycles. The topological polar surface area (TPSA) is 61.6 Å². The van der Waals surface area contributed by atoms with Gasteiger partial charge in [0.25, 0.3) is 0 Å². The summed E-state index contributed by atoms with van der Waals surface area (Å²) in [6.07, 6.45) is 0. The fourth-order valence-electron chi connectivity index (χ4n) is 0.450. The molecule has 0 radical (unpaired) electrons. The summed E-state index contributed by atoms with van der Waals surface area (Å²) in [5, 5.41) is 0. The third-order valence-electron chi connectivity index (χ3n) is 1.03. The Labute approximate surface area is 78.5 Å². The molecule has 1 N–H and O–H groups in total. The summed E-state index contributed by atoms with van der Waals surface area (Å²) >= 11 is 2.89. The van der Waals surface area contributed by atoms with Gasteiger partial charge in [0.15, 0.2) is 4.87 Å². The van der Waals surface area contributed by atoms with Crippen LogP contribution in [0.2, 0.25) is 0 Å². The maximum Gasteiger partial charge on any atom is 0.366 e. The van der Waals surface area contributed by atoms with E-state index in [1.165, 1.54) is 12.0 Å². The van der Waals surface area contributed by atoms with E-state index in [2.05, 4.69) is 20.8 Å². The lowest BCUT2D eigenvalue weighted by atomic mass is 10.5. The average molecular weight is 241 g/mol. The molecule has 7 heteroatoms. The van der Waals surface area contributed by atoms with Gasteiger partial charge in [-0.15, -0.1) is 0 Å². The zero-order chi connectivity index (χ0) is 9.72. The first kappa shape index (κ1) is 11.3. The van der Waals surface area contributed by atoms with E-state index in [1.54, 1.807) is 14.1 Å². The number of halogens is 1. The van der Waals surface area contributed by atoms with Crippen LogP contribution in [0.15, 0.2) is 0 Å². The summed E-state index contributed by atoms with van der Waals surface area (Å²) in [4.78, 5) is 26.9. The Bertz CT molecular complexity index is 185. The Morgan fingerprint density at radius 3 is 2.50 bits per heavy atom. The first-order valence-corrected chi connectivity index (χ1v) is 4.02. The van der Waals surface area contributed by atoms with Crippen molar-refractivity contribution < 1.29 is 14.5 Å². The lowest BCUT2D eigenvalue weighted by Crippen LogP contribution is -2.41. The predicted octanol–water partition coefficient (Wildman–Crippen LogP) is -0.359. The lowest BCUT2D eigenvalue weighted by Gasteiger charge is -2.08. The summed E-state index contributed by atoms with van der Waals surface area (Å²) in [5.74, 6) is -0.366. The molecule has 0 aliphatic heterocycles. The third-order valence-corrected chi connectivity index (χ3v) is 1.80. The lowest BCUT2D eigenvalue weighted by molar-refractivity contribution is -0.657. The van der Waals surface area contributed by atoms with Crippen LogP contribution in [-0.4, -0.2) is 41.8 Å². The number of amides is 1. The van der Waals surface area contributed by atoms with E-state index in [0.29, 0.717) is 0 Å². The Morgan fingerprint density at radius 1 is 1.67 bits per heavy atom. The van der Waals surface area contributed by atoms with E-state index in [-0.39, 0.29) is 10.8 Å². The van der Waals surface area contributed by atoms with Crippen molar-refractivity contribution in [2.24, 2.45) is 0 Å². The molecule has 0 bridgehead atoms. The van der Waals surface area contributed by atoms with Crippen LogP contribution in [0, 0.1) is 4.91 Å². The third kappa shape index (κ3) is 3.14. The molecule has 0 spiro atoms. The minimum absolute atomic E-state index is 0.266. The number of nitroso groups, excluding NO2 is 1. The maximum atomic E-state index is 11.1. The predicted molar refractivity (Wildman–Crippen MR) is 45.2 cm³/mol. The van der Waals surface area contributed by atoms with Gasteiger partial charge >= 0.3 is 10.9 Å². The van der Waals surface area contributed by atoms with Gasteiger partial charge in [0.1, 0.15) is 0 Å². The quantitative estimate of drug-likeness (QED) is 0.316. The summed E-state index contributed by atoms with van der Waals surface area (Å²) in [5.41, 5.74) is 1.96. The fourth-order valence-corrected chi connectivity index (χ4v) is 0.943. The molecular formula is C5H11BrN3O3+. The molecule has 0 aromatic heterocycles. The van der Waals surface area contributed by atoms with Crippen molar-refractivity contribution in [3.05, 3.63) is 4.91 Å². The highest BCUT2D eigenvalue weighted by molar-refractivity contribution is 9.09. The molecule has 12 heavy (non-hydrogen) atoms. The maximum absolute atomic E-state index is 11.1. The molecule has 0 rings (SSSR count). The van der Waals surface area contributed by atoms with Gasteiger partial charge in [-0.25, -0.2) is 4.84 Å². The number of carbonyl (C=O) groups excluding carboxylic acids is 1. The molecule has 0 fully saturated rings. The van der Waals surface area contributed by atoms with Crippen molar-refractivity contribution in [3.8, 4) is 0 Å². The van der Waals surface area contributed by atoms with Gasteiger partial charge in [0.05, 0.1) is 12.0 Å². The Morgan fingerprint density at radius 2 is 2.17 bits per heavy atom. The van der Waals surface area contributed by atoms with Crippen molar-refractivity contribution in [2.75, 3.05) is 21.2 Å². The number of rotatable bonds is 4. The molecule has 0 heterocycles. The SMILES string of the molecule is CON[N+](=O)[C@@H](Br)C(=O)N(C)C. The number of nitrogens with one attached hydrogen (secondary N) is 1. The van der Waals surface area contributed by atoms with Crippen molar-refractivity contribution in [3.63, 3.8) is 0 Å². The van der Waals surface area contributed by atoms with Crippen molar-refractivity contribution in [1.82, 2.24) is 10.5 Å². The van der Waals surface area contributed by atoms with E-state index in [0.717, 1.165) is 0 Å². The van der Waals surface area contributed by atoms with Crippen LogP contribution >= 0.6 is 15.9 Å². The largest absolute Gasteiger partial charge is 0.366 e. The molecule has 0 aliphatic rings. The summed E-state index contributed by atoms with van der Waals surface area (Å²) in [6.45, 7) is 0. The minimum Gasteiger partial charge on any atom is -0.342 e. The zero-order valence-corrected chi connectivity index (χ0v) is 8.66. The van der Waals surface area contributed by atoms with E-state index >= 15 is 0 Å². The average Bonchev–Trinajstić information content (AvgIpc) is 2.02. The highest BCUT2D eigenvalue weighted by atomic mass is 79.9. The Kier molecular flexibility index (Phi) is 4.75. The van der Waals surface area contributed by atoms with Crippen LogP contribution in [0.4, 0.5) is 0 Å². The van der Waals surface area contributed by atoms with Gasteiger partial charge in [0.2, 0.25) is 0 Å². The number of alkyl halides is 1. The molecular weight excluding hydrogens is 230 g/mol. The highest BCUT2D eigenvalue weighted by Crippen LogP contribution is 2.01. The molecule has 1 atom stereocenters. The van der Waals surface area contributed by atoms with Crippen LogP contribution in [0.1, 0.15) is 0 Å². The molecule has 70 valence electrons. The smallest absolute Gasteiger partial charge is 0.342 e. The summed E-state index contributed by atoms with van der Waals surface area (Å²) in [7, 11) is 4.39. The van der Waals surface area contributed by atoms with E-state index in [1.807, 2.05) is 5.59 Å². The van der Waals surface area contributed by atoms with Crippen molar-refractivity contribution in [2.45, 2.75) is 4.95 Å². The number of carbonyl (C=O) groups is 1. The molecule has 0 aromatic rings. The standard InChI is InChI=1S/C5H11BrN3O3/c1-8(2)5(10)4(6)9(11)7-12-3/h4H,1-3H3,(H,7,11)/q+1/t4-/m1/s1. The van der Waals surface area contributed by atoms with Crippen molar-refractivity contribution >= 4 is 21.8 Å². The van der Waals surface area contributed by atoms with Crippen LogP contribution in [-0.2, 0) is 9.63 Å².